The number of hydrogen-bond acceptors (Lipinski definition) is 6. The Morgan fingerprint density at radius 2 is 2.38 bits per heavy atom. The van der Waals surface area contributed by atoms with E-state index in [1.54, 1.807) is 0 Å². The zero-order valence-corrected chi connectivity index (χ0v) is 11.4. The average molecular weight is 293 g/mol. The second-order valence-electron chi connectivity index (χ2n) is 4.56. The van der Waals surface area contributed by atoms with Crippen molar-refractivity contribution in [1.29, 1.82) is 0 Å². The highest BCUT2D eigenvalue weighted by atomic mass is 16.6. The largest absolute Gasteiger partial charge is 0.370 e. The molecule has 0 saturated carbocycles. The van der Waals surface area contributed by atoms with Gasteiger partial charge in [-0.15, -0.1) is 0 Å². The van der Waals surface area contributed by atoms with Crippen LogP contribution < -0.4 is 16.0 Å². The number of carbonyl (C=O) groups is 2. The molecule has 1 fully saturated rings. The first-order chi connectivity index (χ1) is 10.0. The van der Waals surface area contributed by atoms with Crippen molar-refractivity contribution in [1.82, 2.24) is 15.6 Å². The standard InChI is InChI=1S/C12H15N5O4/c1-2-13-11-9(4-8(6-15-11)17(20)21)12(19)16-7-3-10(18)14-5-7/h4,6-7H,2-3,5H2,1H3,(H,13,15)(H,14,18)(H,16,19). The van der Waals surface area contributed by atoms with Crippen LogP contribution in [0.2, 0.25) is 0 Å². The maximum atomic E-state index is 12.2. The van der Waals surface area contributed by atoms with Crippen LogP contribution in [0.5, 0.6) is 0 Å². The molecule has 1 unspecified atom stereocenters. The van der Waals surface area contributed by atoms with Crippen molar-refractivity contribution in [2.24, 2.45) is 0 Å². The van der Waals surface area contributed by atoms with Crippen molar-refractivity contribution >= 4 is 23.3 Å². The van der Waals surface area contributed by atoms with Crippen LogP contribution >= 0.6 is 0 Å². The summed E-state index contributed by atoms with van der Waals surface area (Å²) in [6.07, 6.45) is 1.29. The van der Waals surface area contributed by atoms with Crippen molar-refractivity contribution in [3.05, 3.63) is 27.9 Å². The third-order valence-corrected chi connectivity index (χ3v) is 2.99. The molecular formula is C12H15N5O4. The number of rotatable bonds is 5. The van der Waals surface area contributed by atoms with Gasteiger partial charge in [-0.2, -0.15) is 0 Å². The molecule has 1 aromatic heterocycles. The lowest BCUT2D eigenvalue weighted by atomic mass is 10.2. The third-order valence-electron chi connectivity index (χ3n) is 2.99. The summed E-state index contributed by atoms with van der Waals surface area (Å²) in [6, 6.07) is 0.851. The van der Waals surface area contributed by atoms with Crippen LogP contribution in [0.1, 0.15) is 23.7 Å². The maximum absolute atomic E-state index is 12.2. The lowest BCUT2D eigenvalue weighted by Crippen LogP contribution is -2.36. The van der Waals surface area contributed by atoms with Crippen molar-refractivity contribution in [2.45, 2.75) is 19.4 Å². The van der Waals surface area contributed by atoms with Gasteiger partial charge in [0.25, 0.3) is 11.6 Å². The Kier molecular flexibility index (Phi) is 4.31. The molecule has 0 bridgehead atoms. The Labute approximate surface area is 120 Å². The monoisotopic (exact) mass is 293 g/mol. The van der Waals surface area contributed by atoms with E-state index in [-0.39, 0.29) is 35.4 Å². The number of pyridine rings is 1. The molecule has 2 rings (SSSR count). The van der Waals surface area contributed by atoms with E-state index >= 15 is 0 Å². The first kappa shape index (κ1) is 14.7. The molecule has 1 aliphatic rings. The summed E-state index contributed by atoms with van der Waals surface area (Å²) in [5, 5.41) is 18.9. The summed E-state index contributed by atoms with van der Waals surface area (Å²) >= 11 is 0. The molecule has 1 aromatic rings. The van der Waals surface area contributed by atoms with Gasteiger partial charge in [0.05, 0.1) is 16.5 Å². The van der Waals surface area contributed by atoms with Crippen LogP contribution in [0.15, 0.2) is 12.3 Å². The Morgan fingerprint density at radius 1 is 1.62 bits per heavy atom. The van der Waals surface area contributed by atoms with Gasteiger partial charge in [0.1, 0.15) is 12.0 Å². The molecule has 3 N–H and O–H groups in total. The minimum Gasteiger partial charge on any atom is -0.370 e. The molecule has 0 aliphatic carbocycles. The molecule has 9 heteroatoms. The first-order valence-electron chi connectivity index (χ1n) is 6.47. The number of carbonyl (C=O) groups excluding carboxylic acids is 2. The number of hydrogen-bond donors (Lipinski definition) is 3. The maximum Gasteiger partial charge on any atom is 0.288 e. The average Bonchev–Trinajstić information content (AvgIpc) is 2.84. The van der Waals surface area contributed by atoms with Gasteiger partial charge in [0.15, 0.2) is 0 Å². The highest BCUT2D eigenvalue weighted by Gasteiger charge is 2.25. The minimum absolute atomic E-state index is 0.0883. The number of nitrogens with one attached hydrogen (secondary N) is 3. The highest BCUT2D eigenvalue weighted by Crippen LogP contribution is 2.19. The normalized spacial score (nSPS) is 17.2. The Morgan fingerprint density at radius 3 is 2.95 bits per heavy atom. The lowest BCUT2D eigenvalue weighted by Gasteiger charge is -2.13. The summed E-state index contributed by atoms with van der Waals surface area (Å²) in [5.41, 5.74) is -0.173. The molecule has 0 radical (unpaired) electrons. The Hall–Kier alpha value is -2.71. The van der Waals surface area contributed by atoms with Crippen LogP contribution in [-0.4, -0.2) is 40.9 Å². The zero-order chi connectivity index (χ0) is 15.4. The van der Waals surface area contributed by atoms with E-state index in [2.05, 4.69) is 20.9 Å². The van der Waals surface area contributed by atoms with Gasteiger partial charge in [-0.05, 0) is 6.92 Å². The summed E-state index contributed by atoms with van der Waals surface area (Å²) < 4.78 is 0. The molecular weight excluding hydrogens is 278 g/mol. The summed E-state index contributed by atoms with van der Waals surface area (Å²) in [4.78, 5) is 37.4. The molecule has 0 spiro atoms. The first-order valence-corrected chi connectivity index (χ1v) is 6.47. The fraction of sp³-hybridized carbons (Fsp3) is 0.417. The predicted molar refractivity (Wildman–Crippen MR) is 73.9 cm³/mol. The van der Waals surface area contributed by atoms with E-state index in [4.69, 9.17) is 0 Å². The Bertz CT molecular complexity index is 589. The van der Waals surface area contributed by atoms with Crippen LogP contribution in [0.3, 0.4) is 0 Å². The fourth-order valence-electron chi connectivity index (χ4n) is 2.01. The van der Waals surface area contributed by atoms with E-state index in [9.17, 15) is 19.7 Å². The van der Waals surface area contributed by atoms with Gasteiger partial charge >= 0.3 is 0 Å². The molecule has 1 aliphatic heterocycles. The van der Waals surface area contributed by atoms with Crippen molar-refractivity contribution in [3.8, 4) is 0 Å². The number of nitrogens with zero attached hydrogens (tertiary/aromatic N) is 2. The smallest absolute Gasteiger partial charge is 0.288 e. The second-order valence-corrected chi connectivity index (χ2v) is 4.56. The number of anilines is 1. The third kappa shape index (κ3) is 3.44. The summed E-state index contributed by atoms with van der Waals surface area (Å²) in [7, 11) is 0. The molecule has 1 atom stereocenters. The van der Waals surface area contributed by atoms with Crippen LogP contribution in [-0.2, 0) is 4.79 Å². The van der Waals surface area contributed by atoms with Crippen LogP contribution in [0.4, 0.5) is 11.5 Å². The van der Waals surface area contributed by atoms with E-state index < -0.39 is 10.8 Å². The van der Waals surface area contributed by atoms with E-state index in [1.807, 2.05) is 6.92 Å². The minimum atomic E-state index is -0.611. The molecule has 2 heterocycles. The van der Waals surface area contributed by atoms with Crippen LogP contribution in [0, 0.1) is 10.1 Å². The van der Waals surface area contributed by atoms with Crippen molar-refractivity contribution in [2.75, 3.05) is 18.4 Å². The predicted octanol–water partition coefficient (Wildman–Crippen LogP) is 0.0399. The number of aromatic nitrogens is 1. The molecule has 1 saturated heterocycles. The van der Waals surface area contributed by atoms with E-state index in [0.29, 0.717) is 13.1 Å². The summed E-state index contributed by atoms with van der Waals surface area (Å²) in [6.45, 7) is 2.70. The van der Waals surface area contributed by atoms with Gasteiger partial charge in [-0.1, -0.05) is 0 Å². The van der Waals surface area contributed by atoms with E-state index in [1.165, 1.54) is 6.07 Å². The van der Waals surface area contributed by atoms with Gasteiger partial charge in [0, 0.05) is 25.6 Å². The molecule has 0 aromatic carbocycles. The zero-order valence-electron chi connectivity index (χ0n) is 11.4. The van der Waals surface area contributed by atoms with Gasteiger partial charge in [0.2, 0.25) is 5.91 Å². The highest BCUT2D eigenvalue weighted by molar-refractivity contribution is 6.00. The van der Waals surface area contributed by atoms with E-state index in [0.717, 1.165) is 6.20 Å². The topological polar surface area (TPSA) is 126 Å². The molecule has 2 amide bonds. The SMILES string of the molecule is CCNc1ncc([N+](=O)[O-])cc1C(=O)NC1CNC(=O)C1. The summed E-state index contributed by atoms with van der Waals surface area (Å²) in [5.74, 6) is -0.356. The van der Waals surface area contributed by atoms with Gasteiger partial charge in [-0.3, -0.25) is 19.7 Å². The fourth-order valence-corrected chi connectivity index (χ4v) is 2.01. The van der Waals surface area contributed by atoms with Gasteiger partial charge in [-0.25, -0.2) is 4.98 Å². The van der Waals surface area contributed by atoms with Crippen molar-refractivity contribution < 1.29 is 14.5 Å². The molecule has 21 heavy (non-hydrogen) atoms. The number of amides is 2. The second kappa shape index (κ2) is 6.16. The number of nitro groups is 1. The molecule has 112 valence electrons. The Balaban J connectivity index is 2.22. The van der Waals surface area contributed by atoms with Gasteiger partial charge < -0.3 is 16.0 Å². The quantitative estimate of drug-likeness (QED) is 0.519. The lowest BCUT2D eigenvalue weighted by molar-refractivity contribution is -0.385. The molecule has 9 nitrogen and oxygen atoms in total. The van der Waals surface area contributed by atoms with Crippen molar-refractivity contribution in [3.63, 3.8) is 0 Å². The van der Waals surface area contributed by atoms with Crippen LogP contribution in [0.25, 0.3) is 0 Å².